The largest absolute Gasteiger partial charge is 0.495 e. The van der Waals surface area contributed by atoms with Gasteiger partial charge in [-0.3, -0.25) is 4.79 Å². The second-order valence-corrected chi connectivity index (χ2v) is 7.16. The molecule has 0 fully saturated rings. The minimum absolute atomic E-state index is 0.205. The Kier molecular flexibility index (Phi) is 5.11. The number of hydrogen-bond acceptors (Lipinski definition) is 4. The number of nitrogens with one attached hydrogen (secondary N) is 1. The molecule has 1 amide bonds. The minimum Gasteiger partial charge on any atom is -0.495 e. The third-order valence-electron chi connectivity index (χ3n) is 4.87. The Hall–Kier alpha value is -3.12. The standard InChI is InChI=1S/C22H21ClN2O4/c1-13-10-17(22(26)24-15-4-6-19(27-3)18(23)11-15)14(2)25(13)16-5-7-20-21(12-16)29-9-8-28-20/h4-7,10-12H,8-9H2,1-3H3,(H,24,26). The quantitative estimate of drug-likeness (QED) is 0.669. The molecular formula is C22H21ClN2O4. The lowest BCUT2D eigenvalue weighted by Crippen LogP contribution is -2.16. The smallest absolute Gasteiger partial charge is 0.257 e. The van der Waals surface area contributed by atoms with Crippen molar-refractivity contribution in [3.8, 4) is 22.9 Å². The van der Waals surface area contributed by atoms with Crippen LogP contribution in [0, 0.1) is 13.8 Å². The van der Waals surface area contributed by atoms with E-state index in [1.807, 2.05) is 42.7 Å². The van der Waals surface area contributed by atoms with Gasteiger partial charge in [-0.25, -0.2) is 0 Å². The van der Waals surface area contributed by atoms with Gasteiger partial charge in [0.2, 0.25) is 0 Å². The molecule has 0 saturated carbocycles. The monoisotopic (exact) mass is 412 g/mol. The van der Waals surface area contributed by atoms with E-state index >= 15 is 0 Å². The normalized spacial score (nSPS) is 12.6. The number of ether oxygens (including phenoxy) is 3. The molecule has 0 atom stereocenters. The summed E-state index contributed by atoms with van der Waals surface area (Å²) in [5, 5.41) is 3.33. The van der Waals surface area contributed by atoms with Crippen LogP contribution in [0.4, 0.5) is 5.69 Å². The zero-order valence-corrected chi connectivity index (χ0v) is 17.2. The Morgan fingerprint density at radius 3 is 2.55 bits per heavy atom. The van der Waals surface area contributed by atoms with E-state index in [0.717, 1.165) is 22.8 Å². The molecule has 2 aromatic carbocycles. The molecule has 1 aromatic heterocycles. The Morgan fingerprint density at radius 2 is 1.83 bits per heavy atom. The molecule has 3 aromatic rings. The first-order valence-electron chi connectivity index (χ1n) is 9.22. The molecule has 0 bridgehead atoms. The first kappa shape index (κ1) is 19.2. The van der Waals surface area contributed by atoms with E-state index in [4.69, 9.17) is 25.8 Å². The average Bonchev–Trinajstić information content (AvgIpc) is 3.02. The van der Waals surface area contributed by atoms with Gasteiger partial charge in [0.1, 0.15) is 19.0 Å². The van der Waals surface area contributed by atoms with E-state index in [0.29, 0.717) is 41.0 Å². The molecule has 0 saturated heterocycles. The van der Waals surface area contributed by atoms with E-state index in [9.17, 15) is 4.79 Å². The van der Waals surface area contributed by atoms with Crippen LogP contribution in [0.1, 0.15) is 21.7 Å². The van der Waals surface area contributed by atoms with Crippen molar-refractivity contribution in [3.05, 3.63) is 64.4 Å². The maximum absolute atomic E-state index is 12.9. The van der Waals surface area contributed by atoms with Crippen molar-refractivity contribution in [3.63, 3.8) is 0 Å². The van der Waals surface area contributed by atoms with Crippen LogP contribution in [0.25, 0.3) is 5.69 Å². The molecule has 0 aliphatic carbocycles. The fourth-order valence-electron chi connectivity index (χ4n) is 3.50. The van der Waals surface area contributed by atoms with Crippen molar-refractivity contribution < 1.29 is 19.0 Å². The summed E-state index contributed by atoms with van der Waals surface area (Å²) >= 11 is 6.16. The molecule has 6 nitrogen and oxygen atoms in total. The zero-order valence-electron chi connectivity index (χ0n) is 16.4. The Labute approximate surface area is 174 Å². The number of benzene rings is 2. The third kappa shape index (κ3) is 3.63. The van der Waals surface area contributed by atoms with Gasteiger partial charge in [-0.1, -0.05) is 11.6 Å². The number of halogens is 1. The number of rotatable bonds is 4. The molecule has 29 heavy (non-hydrogen) atoms. The van der Waals surface area contributed by atoms with Crippen LogP contribution in [0.5, 0.6) is 17.2 Å². The van der Waals surface area contributed by atoms with Gasteiger partial charge < -0.3 is 24.1 Å². The number of methoxy groups -OCH3 is 1. The van der Waals surface area contributed by atoms with Gasteiger partial charge in [-0.15, -0.1) is 0 Å². The lowest BCUT2D eigenvalue weighted by molar-refractivity contribution is 0.102. The van der Waals surface area contributed by atoms with Gasteiger partial charge in [0.05, 0.1) is 17.7 Å². The summed E-state index contributed by atoms with van der Waals surface area (Å²) in [7, 11) is 1.55. The number of nitrogens with zero attached hydrogens (tertiary/aromatic N) is 1. The second-order valence-electron chi connectivity index (χ2n) is 6.75. The van der Waals surface area contributed by atoms with Crippen LogP contribution in [-0.2, 0) is 0 Å². The van der Waals surface area contributed by atoms with Gasteiger partial charge in [0, 0.05) is 28.8 Å². The van der Waals surface area contributed by atoms with Gasteiger partial charge in [-0.05, 0) is 50.2 Å². The molecule has 4 rings (SSSR count). The summed E-state index contributed by atoms with van der Waals surface area (Å²) in [4.78, 5) is 12.9. The van der Waals surface area contributed by atoms with Gasteiger partial charge in [-0.2, -0.15) is 0 Å². The maximum atomic E-state index is 12.9. The van der Waals surface area contributed by atoms with Crippen LogP contribution in [0.2, 0.25) is 5.02 Å². The fourth-order valence-corrected chi connectivity index (χ4v) is 3.76. The molecule has 0 spiro atoms. The number of carbonyl (C=O) groups is 1. The summed E-state index contributed by atoms with van der Waals surface area (Å²) in [6.07, 6.45) is 0. The Balaban J connectivity index is 1.63. The van der Waals surface area contributed by atoms with Crippen LogP contribution < -0.4 is 19.5 Å². The number of amides is 1. The molecule has 1 N–H and O–H groups in total. The summed E-state index contributed by atoms with van der Waals surface area (Å²) in [6, 6.07) is 12.8. The van der Waals surface area contributed by atoms with E-state index < -0.39 is 0 Å². The molecular weight excluding hydrogens is 392 g/mol. The number of fused-ring (bicyclic) bond motifs is 1. The SMILES string of the molecule is COc1ccc(NC(=O)c2cc(C)n(-c3ccc4c(c3)OCCO4)c2C)cc1Cl. The highest BCUT2D eigenvalue weighted by molar-refractivity contribution is 6.32. The highest BCUT2D eigenvalue weighted by Gasteiger charge is 2.19. The first-order chi connectivity index (χ1) is 14.0. The molecule has 2 heterocycles. The molecule has 1 aliphatic rings. The molecule has 150 valence electrons. The summed E-state index contributed by atoms with van der Waals surface area (Å²) < 4.78 is 18.5. The first-order valence-corrected chi connectivity index (χ1v) is 9.59. The van der Waals surface area contributed by atoms with Crippen molar-refractivity contribution in [1.29, 1.82) is 0 Å². The highest BCUT2D eigenvalue weighted by atomic mass is 35.5. The van der Waals surface area contributed by atoms with Crippen molar-refractivity contribution >= 4 is 23.2 Å². The van der Waals surface area contributed by atoms with Crippen LogP contribution in [0.15, 0.2) is 42.5 Å². The van der Waals surface area contributed by atoms with Crippen LogP contribution >= 0.6 is 11.6 Å². The van der Waals surface area contributed by atoms with Crippen LogP contribution in [0.3, 0.4) is 0 Å². The average molecular weight is 413 g/mol. The van der Waals surface area contributed by atoms with Crippen molar-refractivity contribution in [2.24, 2.45) is 0 Å². The molecule has 1 aliphatic heterocycles. The van der Waals surface area contributed by atoms with Crippen molar-refractivity contribution in [1.82, 2.24) is 4.57 Å². The molecule has 0 radical (unpaired) electrons. The van der Waals surface area contributed by atoms with Gasteiger partial charge in [0.25, 0.3) is 5.91 Å². The number of aryl methyl sites for hydroxylation is 1. The second kappa shape index (κ2) is 7.72. The highest BCUT2D eigenvalue weighted by Crippen LogP contribution is 2.34. The zero-order chi connectivity index (χ0) is 20.5. The molecule has 7 heteroatoms. The number of carbonyl (C=O) groups excluding carboxylic acids is 1. The van der Waals surface area contributed by atoms with Crippen LogP contribution in [-0.4, -0.2) is 30.8 Å². The summed E-state index contributed by atoms with van der Waals surface area (Å²) in [6.45, 7) is 4.95. The molecule has 0 unspecified atom stereocenters. The van der Waals surface area contributed by atoms with E-state index in [1.54, 1.807) is 25.3 Å². The Bertz CT molecular complexity index is 1090. The number of anilines is 1. The van der Waals surface area contributed by atoms with Gasteiger partial charge >= 0.3 is 0 Å². The summed E-state index contributed by atoms with van der Waals surface area (Å²) in [5.74, 6) is 1.79. The number of aromatic nitrogens is 1. The maximum Gasteiger partial charge on any atom is 0.257 e. The predicted octanol–water partition coefficient (Wildman–Crippen LogP) is 4.78. The number of hydrogen-bond donors (Lipinski definition) is 1. The van der Waals surface area contributed by atoms with E-state index in [1.165, 1.54) is 0 Å². The predicted molar refractivity (Wildman–Crippen MR) is 112 cm³/mol. The lowest BCUT2D eigenvalue weighted by Gasteiger charge is -2.20. The summed E-state index contributed by atoms with van der Waals surface area (Å²) in [5.41, 5.74) is 3.87. The lowest BCUT2D eigenvalue weighted by atomic mass is 10.2. The van der Waals surface area contributed by atoms with Crippen molar-refractivity contribution in [2.75, 3.05) is 25.6 Å². The minimum atomic E-state index is -0.205. The van der Waals surface area contributed by atoms with E-state index in [2.05, 4.69) is 5.32 Å². The van der Waals surface area contributed by atoms with Crippen molar-refractivity contribution in [2.45, 2.75) is 13.8 Å². The van der Waals surface area contributed by atoms with E-state index in [-0.39, 0.29) is 5.91 Å². The topological polar surface area (TPSA) is 61.7 Å². The fraction of sp³-hybridized carbons (Fsp3) is 0.227. The van der Waals surface area contributed by atoms with Gasteiger partial charge in [0.15, 0.2) is 11.5 Å². The Morgan fingerprint density at radius 1 is 1.07 bits per heavy atom. The third-order valence-corrected chi connectivity index (χ3v) is 5.16.